The third kappa shape index (κ3) is 3.44. The van der Waals surface area contributed by atoms with Gasteiger partial charge >= 0.3 is 5.97 Å². The Labute approximate surface area is 137 Å². The Morgan fingerprint density at radius 1 is 1.38 bits per heavy atom. The van der Waals surface area contributed by atoms with Crippen LogP contribution in [0, 0.1) is 5.92 Å². The Morgan fingerprint density at radius 3 is 2.57 bits per heavy atom. The van der Waals surface area contributed by atoms with Gasteiger partial charge in [-0.2, -0.15) is 0 Å². The Morgan fingerprint density at radius 2 is 2.05 bits per heavy atom. The van der Waals surface area contributed by atoms with E-state index in [1.54, 1.807) is 13.1 Å². The quantitative estimate of drug-likeness (QED) is 0.787. The van der Waals surface area contributed by atoms with Gasteiger partial charge in [0.2, 0.25) is 11.8 Å². The Bertz CT molecular complexity index is 633. The number of carboxylic acids is 1. The number of nitrogens with one attached hydrogen (secondary N) is 1. The van der Waals surface area contributed by atoms with Crippen LogP contribution in [0.4, 0.5) is 5.69 Å². The molecule has 1 saturated heterocycles. The van der Waals surface area contributed by atoms with Crippen molar-refractivity contribution in [3.63, 3.8) is 0 Å². The molecule has 1 aromatic carbocycles. The van der Waals surface area contributed by atoms with Gasteiger partial charge in [-0.05, 0) is 28.1 Å². The standard InChI is InChI=1S/C13H12Br2N2O4/c1-17-5-6(2-10(17)18)12(19)16-11-8(13(20)21)3-7(14)4-9(11)15/h3-4,6H,2,5H2,1H3,(H,16,19)(H,20,21). The van der Waals surface area contributed by atoms with Crippen LogP contribution in [-0.4, -0.2) is 41.4 Å². The van der Waals surface area contributed by atoms with Crippen molar-refractivity contribution in [2.45, 2.75) is 6.42 Å². The molecule has 1 unspecified atom stereocenters. The number of benzene rings is 1. The number of rotatable bonds is 3. The first-order chi connectivity index (χ1) is 9.79. The predicted molar refractivity (Wildman–Crippen MR) is 83.2 cm³/mol. The van der Waals surface area contributed by atoms with Crippen LogP contribution in [0.5, 0.6) is 0 Å². The third-order valence-corrected chi connectivity index (χ3v) is 4.33. The Kier molecular flexibility index (Phi) is 4.67. The fourth-order valence-corrected chi connectivity index (χ4v) is 3.46. The van der Waals surface area contributed by atoms with Crippen LogP contribution >= 0.6 is 31.9 Å². The second kappa shape index (κ2) is 6.15. The number of carbonyl (C=O) groups excluding carboxylic acids is 2. The second-order valence-electron chi connectivity index (χ2n) is 4.78. The fourth-order valence-electron chi connectivity index (χ4n) is 2.13. The van der Waals surface area contributed by atoms with Gasteiger partial charge in [0.15, 0.2) is 0 Å². The van der Waals surface area contributed by atoms with Crippen molar-refractivity contribution in [2.75, 3.05) is 18.9 Å². The summed E-state index contributed by atoms with van der Waals surface area (Å²) in [4.78, 5) is 36.4. The molecule has 0 aliphatic carbocycles. The van der Waals surface area contributed by atoms with Gasteiger partial charge in [-0.25, -0.2) is 4.79 Å². The number of carboxylic acid groups (broad SMARTS) is 1. The smallest absolute Gasteiger partial charge is 0.337 e. The molecule has 0 radical (unpaired) electrons. The largest absolute Gasteiger partial charge is 0.478 e. The van der Waals surface area contributed by atoms with Crippen molar-refractivity contribution >= 4 is 55.3 Å². The minimum atomic E-state index is -1.15. The van der Waals surface area contributed by atoms with Crippen molar-refractivity contribution in [1.29, 1.82) is 0 Å². The molecule has 1 aliphatic heterocycles. The normalized spacial score (nSPS) is 18.0. The predicted octanol–water partition coefficient (Wildman–Crippen LogP) is 2.33. The molecule has 1 fully saturated rings. The van der Waals surface area contributed by atoms with Gasteiger partial charge in [-0.3, -0.25) is 9.59 Å². The molecule has 1 atom stereocenters. The Balaban J connectivity index is 2.25. The number of likely N-dealkylation sites (tertiary alicyclic amines) is 1. The average Bonchev–Trinajstić information content (AvgIpc) is 2.72. The first-order valence-corrected chi connectivity index (χ1v) is 7.65. The zero-order valence-corrected chi connectivity index (χ0v) is 14.2. The first-order valence-electron chi connectivity index (χ1n) is 6.06. The molecule has 1 heterocycles. The van der Waals surface area contributed by atoms with Crippen LogP contribution in [0.2, 0.25) is 0 Å². The summed E-state index contributed by atoms with van der Waals surface area (Å²) in [6.07, 6.45) is 0.138. The van der Waals surface area contributed by atoms with Gasteiger partial charge in [0.05, 0.1) is 17.2 Å². The maximum atomic E-state index is 12.2. The lowest BCUT2D eigenvalue weighted by molar-refractivity contribution is -0.127. The van der Waals surface area contributed by atoms with E-state index in [-0.39, 0.29) is 29.5 Å². The zero-order valence-electron chi connectivity index (χ0n) is 11.0. The molecule has 21 heavy (non-hydrogen) atoms. The zero-order chi connectivity index (χ0) is 15.7. The summed E-state index contributed by atoms with van der Waals surface area (Å²) in [5, 5.41) is 11.8. The number of aromatic carboxylic acids is 1. The summed E-state index contributed by atoms with van der Waals surface area (Å²) in [7, 11) is 1.63. The summed E-state index contributed by atoms with van der Waals surface area (Å²) < 4.78 is 1.04. The lowest BCUT2D eigenvalue weighted by Crippen LogP contribution is -2.26. The third-order valence-electron chi connectivity index (χ3n) is 3.25. The number of hydrogen-bond donors (Lipinski definition) is 2. The van der Waals surface area contributed by atoms with Gasteiger partial charge in [0, 0.05) is 29.0 Å². The molecule has 0 saturated carbocycles. The number of anilines is 1. The molecule has 2 amide bonds. The summed E-state index contributed by atoms with van der Waals surface area (Å²) in [5.74, 6) is -2.08. The Hall–Kier alpha value is -1.41. The molecule has 2 rings (SSSR count). The monoisotopic (exact) mass is 418 g/mol. The number of carbonyl (C=O) groups is 3. The molecule has 2 N–H and O–H groups in total. The number of halogens is 2. The van der Waals surface area contributed by atoms with Gasteiger partial charge in [0.25, 0.3) is 0 Å². The van der Waals surface area contributed by atoms with E-state index in [4.69, 9.17) is 0 Å². The summed E-state index contributed by atoms with van der Waals surface area (Å²) in [6.45, 7) is 0.335. The van der Waals surface area contributed by atoms with Gasteiger partial charge in [0.1, 0.15) is 0 Å². The SMILES string of the molecule is CN1CC(C(=O)Nc2c(Br)cc(Br)cc2C(=O)O)CC1=O. The average molecular weight is 420 g/mol. The number of hydrogen-bond acceptors (Lipinski definition) is 3. The van der Waals surface area contributed by atoms with Crippen LogP contribution in [0.1, 0.15) is 16.8 Å². The molecule has 8 heteroatoms. The second-order valence-corrected chi connectivity index (χ2v) is 6.55. The van der Waals surface area contributed by atoms with E-state index in [2.05, 4.69) is 37.2 Å². The van der Waals surface area contributed by atoms with Gasteiger partial charge in [-0.15, -0.1) is 0 Å². The van der Waals surface area contributed by atoms with Crippen LogP contribution in [-0.2, 0) is 9.59 Å². The molecule has 1 aromatic rings. The minimum Gasteiger partial charge on any atom is -0.478 e. The molecule has 112 valence electrons. The summed E-state index contributed by atoms with van der Waals surface area (Å²) >= 11 is 6.45. The van der Waals surface area contributed by atoms with E-state index in [0.29, 0.717) is 15.5 Å². The van der Waals surface area contributed by atoms with Crippen molar-refractivity contribution in [3.05, 3.63) is 26.6 Å². The minimum absolute atomic E-state index is 0.0257. The number of amides is 2. The molecule has 1 aliphatic rings. The van der Waals surface area contributed by atoms with E-state index >= 15 is 0 Å². The lowest BCUT2D eigenvalue weighted by atomic mass is 10.1. The molecule has 0 bridgehead atoms. The summed E-state index contributed by atoms with van der Waals surface area (Å²) in [5.41, 5.74) is 0.167. The van der Waals surface area contributed by atoms with E-state index in [9.17, 15) is 19.5 Å². The van der Waals surface area contributed by atoms with E-state index < -0.39 is 11.9 Å². The fraction of sp³-hybridized carbons (Fsp3) is 0.308. The van der Waals surface area contributed by atoms with E-state index in [1.165, 1.54) is 11.0 Å². The molecule has 6 nitrogen and oxygen atoms in total. The number of nitrogens with zero attached hydrogens (tertiary/aromatic N) is 1. The molecular weight excluding hydrogens is 408 g/mol. The van der Waals surface area contributed by atoms with Crippen LogP contribution < -0.4 is 5.32 Å². The lowest BCUT2D eigenvalue weighted by Gasteiger charge is -2.14. The molecular formula is C13H12Br2N2O4. The van der Waals surface area contributed by atoms with Crippen LogP contribution in [0.15, 0.2) is 21.1 Å². The van der Waals surface area contributed by atoms with Crippen molar-refractivity contribution in [2.24, 2.45) is 5.92 Å². The van der Waals surface area contributed by atoms with Crippen molar-refractivity contribution < 1.29 is 19.5 Å². The highest BCUT2D eigenvalue weighted by molar-refractivity contribution is 9.11. The highest BCUT2D eigenvalue weighted by atomic mass is 79.9. The van der Waals surface area contributed by atoms with Crippen molar-refractivity contribution in [3.8, 4) is 0 Å². The topological polar surface area (TPSA) is 86.7 Å². The van der Waals surface area contributed by atoms with Crippen LogP contribution in [0.25, 0.3) is 0 Å². The maximum absolute atomic E-state index is 12.2. The maximum Gasteiger partial charge on any atom is 0.337 e. The van der Waals surface area contributed by atoms with Gasteiger partial charge in [-0.1, -0.05) is 15.9 Å². The molecule has 0 aromatic heterocycles. The van der Waals surface area contributed by atoms with Gasteiger partial charge < -0.3 is 15.3 Å². The van der Waals surface area contributed by atoms with Crippen molar-refractivity contribution in [1.82, 2.24) is 4.90 Å². The summed E-state index contributed by atoms with van der Waals surface area (Å²) in [6, 6.07) is 3.06. The molecule has 0 spiro atoms. The van der Waals surface area contributed by atoms with E-state index in [1.807, 2.05) is 0 Å². The highest BCUT2D eigenvalue weighted by Gasteiger charge is 2.33. The first kappa shape index (κ1) is 16.0. The van der Waals surface area contributed by atoms with E-state index in [0.717, 1.165) is 0 Å². The van der Waals surface area contributed by atoms with Crippen LogP contribution in [0.3, 0.4) is 0 Å². The highest BCUT2D eigenvalue weighted by Crippen LogP contribution is 2.31.